The molecule has 0 bridgehead atoms. The number of hydrogen-bond acceptors (Lipinski definition) is 6. The summed E-state index contributed by atoms with van der Waals surface area (Å²) in [5.74, 6) is -0.207. The topological polar surface area (TPSA) is 103 Å². The maximum Gasteiger partial charge on any atom is 0.273 e. The molecule has 4 rings (SSSR count). The highest BCUT2D eigenvalue weighted by Gasteiger charge is 2.39. The van der Waals surface area contributed by atoms with Gasteiger partial charge in [0.15, 0.2) is 5.82 Å². The minimum atomic E-state index is -0.295. The van der Waals surface area contributed by atoms with Crippen molar-refractivity contribution in [2.45, 2.75) is 42.2 Å². The molecule has 1 saturated carbocycles. The number of anilines is 2. The van der Waals surface area contributed by atoms with E-state index in [9.17, 15) is 14.4 Å². The Morgan fingerprint density at radius 3 is 2.58 bits per heavy atom. The number of likely N-dealkylation sites (N-methyl/N-ethyl adjacent to an activating group) is 1. The van der Waals surface area contributed by atoms with Crippen molar-refractivity contribution in [3.05, 3.63) is 47.7 Å². The van der Waals surface area contributed by atoms with E-state index in [0.717, 1.165) is 25.7 Å². The van der Waals surface area contributed by atoms with Crippen LogP contribution in [0.5, 0.6) is 0 Å². The average Bonchev–Trinajstić information content (AvgIpc) is 3.27. The van der Waals surface area contributed by atoms with E-state index in [0.29, 0.717) is 18.1 Å². The minimum absolute atomic E-state index is 0.0333. The van der Waals surface area contributed by atoms with E-state index in [2.05, 4.69) is 52.1 Å². The number of nitrogens with zero attached hydrogens (tertiary/aromatic N) is 2. The number of carbonyl (C=O) groups excluding carboxylic acids is 3. The zero-order valence-corrected chi connectivity index (χ0v) is 19.8. The third-order valence-electron chi connectivity index (χ3n) is 6.05. The largest absolute Gasteiger partial charge is 0.359 e. The molecule has 1 aliphatic carbocycles. The Morgan fingerprint density at radius 1 is 1.15 bits per heavy atom. The molecule has 2 heterocycles. The van der Waals surface area contributed by atoms with Crippen LogP contribution in [0.2, 0.25) is 0 Å². The van der Waals surface area contributed by atoms with Crippen molar-refractivity contribution in [1.29, 1.82) is 0 Å². The fourth-order valence-corrected chi connectivity index (χ4v) is 5.79. The molecule has 0 unspecified atom stereocenters. The van der Waals surface area contributed by atoms with Crippen LogP contribution in [0.1, 0.15) is 41.7 Å². The van der Waals surface area contributed by atoms with E-state index < -0.39 is 0 Å². The summed E-state index contributed by atoms with van der Waals surface area (Å²) in [7, 11) is 1.57. The summed E-state index contributed by atoms with van der Waals surface area (Å²) < 4.78 is -0.153. The number of carbonyl (C=O) groups is 3. The Labute approximate surface area is 197 Å². The number of rotatable bonds is 7. The normalized spacial score (nSPS) is 16.4. The van der Waals surface area contributed by atoms with Gasteiger partial charge in [-0.15, -0.1) is 11.8 Å². The maximum absolute atomic E-state index is 13.5. The van der Waals surface area contributed by atoms with Crippen molar-refractivity contribution < 1.29 is 14.4 Å². The van der Waals surface area contributed by atoms with Crippen LogP contribution in [-0.4, -0.2) is 59.0 Å². The van der Waals surface area contributed by atoms with Gasteiger partial charge in [-0.3, -0.25) is 14.4 Å². The number of hydrogen-bond donors (Lipinski definition) is 3. The first-order chi connectivity index (χ1) is 15.9. The minimum Gasteiger partial charge on any atom is -0.359 e. The van der Waals surface area contributed by atoms with Crippen LogP contribution in [-0.2, 0) is 9.59 Å². The zero-order chi connectivity index (χ0) is 23.4. The number of aromatic nitrogens is 1. The van der Waals surface area contributed by atoms with E-state index in [-0.39, 0.29) is 41.3 Å². The molecule has 1 aromatic carbocycles. The Hall–Kier alpha value is -3.07. The van der Waals surface area contributed by atoms with Gasteiger partial charge in [0.05, 0.1) is 18.8 Å². The molecule has 9 heteroatoms. The molecule has 2 aliphatic rings. The van der Waals surface area contributed by atoms with Crippen LogP contribution in [0.25, 0.3) is 0 Å². The molecule has 1 aliphatic heterocycles. The molecule has 0 atom stereocenters. The van der Waals surface area contributed by atoms with Gasteiger partial charge in [0.1, 0.15) is 5.69 Å². The Bertz CT molecular complexity index is 1050. The van der Waals surface area contributed by atoms with Crippen LogP contribution in [0, 0.1) is 6.92 Å². The number of nitrogens with one attached hydrogen (secondary N) is 3. The van der Waals surface area contributed by atoms with Gasteiger partial charge in [-0.1, -0.05) is 30.5 Å². The number of fused-ring (bicyclic) bond motifs is 1. The van der Waals surface area contributed by atoms with Crippen molar-refractivity contribution in [3.63, 3.8) is 0 Å². The highest BCUT2D eigenvalue weighted by molar-refractivity contribution is 8.00. The highest BCUT2D eigenvalue weighted by atomic mass is 32.2. The number of aryl methyl sites for hydroxylation is 1. The molecule has 0 saturated heterocycles. The first kappa shape index (κ1) is 23.1. The standard InChI is InChI=1S/C24H29N5O3S/c1-16-5-7-17(8-6-16)33-24(11-3-4-12-24)15-29(14-21(31)25-2)23(32)19-10-9-18-22(28-19)26-13-20(30)27-18/h5-10H,3-4,11-15H2,1-2H3,(H,25,31)(H,26,28)(H,27,30). The first-order valence-corrected chi connectivity index (χ1v) is 12.0. The quantitative estimate of drug-likeness (QED) is 0.578. The van der Waals surface area contributed by atoms with Gasteiger partial charge in [-0.05, 0) is 44.0 Å². The third kappa shape index (κ3) is 5.47. The fraction of sp³-hybridized carbons (Fsp3) is 0.417. The summed E-state index contributed by atoms with van der Waals surface area (Å²) in [5, 5.41) is 8.31. The predicted octanol–water partition coefficient (Wildman–Crippen LogP) is 3.05. The number of pyridine rings is 1. The molecule has 33 heavy (non-hydrogen) atoms. The average molecular weight is 468 g/mol. The van der Waals surface area contributed by atoms with Gasteiger partial charge in [-0.25, -0.2) is 4.98 Å². The molecule has 3 N–H and O–H groups in total. The lowest BCUT2D eigenvalue weighted by Gasteiger charge is -2.35. The van der Waals surface area contributed by atoms with Gasteiger partial charge >= 0.3 is 0 Å². The summed E-state index contributed by atoms with van der Waals surface area (Å²) in [6.45, 7) is 2.60. The van der Waals surface area contributed by atoms with Gasteiger partial charge in [0, 0.05) is 23.2 Å². The van der Waals surface area contributed by atoms with Crippen LogP contribution in [0.15, 0.2) is 41.3 Å². The molecule has 1 aromatic heterocycles. The van der Waals surface area contributed by atoms with Crippen molar-refractivity contribution in [3.8, 4) is 0 Å². The summed E-state index contributed by atoms with van der Waals surface area (Å²) in [5.41, 5.74) is 2.00. The van der Waals surface area contributed by atoms with Crippen LogP contribution < -0.4 is 16.0 Å². The Balaban J connectivity index is 1.59. The molecule has 0 spiro atoms. The number of thioether (sulfide) groups is 1. The first-order valence-electron chi connectivity index (χ1n) is 11.2. The summed E-state index contributed by atoms with van der Waals surface area (Å²) >= 11 is 1.80. The SMILES string of the molecule is CNC(=O)CN(CC1(Sc2ccc(C)cc2)CCCC1)C(=O)c1ccc2c(n1)NCC(=O)N2. The second-order valence-electron chi connectivity index (χ2n) is 8.63. The lowest BCUT2D eigenvalue weighted by atomic mass is 10.1. The molecule has 1 fully saturated rings. The molecule has 0 radical (unpaired) electrons. The van der Waals surface area contributed by atoms with E-state index in [4.69, 9.17) is 0 Å². The number of benzene rings is 1. The van der Waals surface area contributed by atoms with Crippen molar-refractivity contribution in [1.82, 2.24) is 15.2 Å². The van der Waals surface area contributed by atoms with E-state index in [1.807, 2.05) is 0 Å². The van der Waals surface area contributed by atoms with Crippen molar-refractivity contribution in [2.75, 3.05) is 37.3 Å². The Morgan fingerprint density at radius 2 is 1.88 bits per heavy atom. The van der Waals surface area contributed by atoms with Crippen LogP contribution in [0.3, 0.4) is 0 Å². The van der Waals surface area contributed by atoms with Gasteiger partial charge < -0.3 is 20.9 Å². The van der Waals surface area contributed by atoms with E-state index in [1.165, 1.54) is 10.5 Å². The van der Waals surface area contributed by atoms with Crippen molar-refractivity contribution >= 4 is 41.0 Å². The number of amides is 3. The summed E-state index contributed by atoms with van der Waals surface area (Å²) in [4.78, 5) is 44.6. The summed E-state index contributed by atoms with van der Waals surface area (Å²) in [6.07, 6.45) is 4.16. The molecular weight excluding hydrogens is 438 g/mol. The second-order valence-corrected chi connectivity index (χ2v) is 10.2. The van der Waals surface area contributed by atoms with Gasteiger partial charge in [0.25, 0.3) is 5.91 Å². The lowest BCUT2D eigenvalue weighted by Crippen LogP contribution is -2.47. The van der Waals surface area contributed by atoms with E-state index >= 15 is 0 Å². The smallest absolute Gasteiger partial charge is 0.273 e. The maximum atomic E-state index is 13.5. The zero-order valence-electron chi connectivity index (χ0n) is 18.9. The molecular formula is C24H29N5O3S. The van der Waals surface area contributed by atoms with E-state index in [1.54, 1.807) is 35.8 Å². The predicted molar refractivity (Wildman–Crippen MR) is 130 cm³/mol. The molecule has 174 valence electrons. The second kappa shape index (κ2) is 9.82. The van der Waals surface area contributed by atoms with Gasteiger partial charge in [0.2, 0.25) is 11.8 Å². The molecule has 3 amide bonds. The third-order valence-corrected chi connectivity index (χ3v) is 7.53. The summed E-state index contributed by atoms with van der Waals surface area (Å²) in [6, 6.07) is 11.7. The van der Waals surface area contributed by atoms with Gasteiger partial charge in [-0.2, -0.15) is 0 Å². The van der Waals surface area contributed by atoms with Crippen LogP contribution >= 0.6 is 11.8 Å². The lowest BCUT2D eigenvalue weighted by molar-refractivity contribution is -0.121. The molecule has 2 aromatic rings. The Kier molecular flexibility index (Phi) is 6.88. The molecule has 8 nitrogen and oxygen atoms in total. The van der Waals surface area contributed by atoms with Crippen LogP contribution in [0.4, 0.5) is 11.5 Å². The monoisotopic (exact) mass is 467 g/mol. The fourth-order valence-electron chi connectivity index (χ4n) is 4.30. The highest BCUT2D eigenvalue weighted by Crippen LogP contribution is 2.46. The van der Waals surface area contributed by atoms with Crippen molar-refractivity contribution in [2.24, 2.45) is 0 Å².